The Bertz CT molecular complexity index is 492. The SMILES string of the molecule is CCC(OC)c1nc(-c2cccc(N)c2)cs1. The molecule has 1 unspecified atom stereocenters. The quantitative estimate of drug-likeness (QED) is 0.842. The Balaban J connectivity index is 2.29. The van der Waals surface area contributed by atoms with E-state index in [0.29, 0.717) is 0 Å². The molecular formula is C13H16N2OS. The summed E-state index contributed by atoms with van der Waals surface area (Å²) in [7, 11) is 1.72. The van der Waals surface area contributed by atoms with Crippen molar-refractivity contribution in [3.05, 3.63) is 34.7 Å². The van der Waals surface area contributed by atoms with Gasteiger partial charge in [0.1, 0.15) is 11.1 Å². The number of hydrogen-bond acceptors (Lipinski definition) is 4. The number of nitrogens with zero attached hydrogens (tertiary/aromatic N) is 1. The van der Waals surface area contributed by atoms with Gasteiger partial charge in [-0.15, -0.1) is 11.3 Å². The average molecular weight is 248 g/mol. The van der Waals surface area contributed by atoms with Crippen LogP contribution in [0.2, 0.25) is 0 Å². The molecular weight excluding hydrogens is 232 g/mol. The predicted octanol–water partition coefficient (Wildman–Crippen LogP) is 3.49. The van der Waals surface area contributed by atoms with Crippen LogP contribution >= 0.6 is 11.3 Å². The van der Waals surface area contributed by atoms with Crippen LogP contribution in [0, 0.1) is 0 Å². The normalized spacial score (nSPS) is 12.6. The van der Waals surface area contributed by atoms with Crippen molar-refractivity contribution in [2.24, 2.45) is 0 Å². The van der Waals surface area contributed by atoms with E-state index in [1.165, 1.54) is 0 Å². The van der Waals surface area contributed by atoms with Crippen LogP contribution in [0.15, 0.2) is 29.6 Å². The van der Waals surface area contributed by atoms with E-state index in [1.54, 1.807) is 18.4 Å². The number of methoxy groups -OCH3 is 1. The first-order chi connectivity index (χ1) is 8.24. The first-order valence-corrected chi connectivity index (χ1v) is 6.46. The minimum absolute atomic E-state index is 0.0924. The van der Waals surface area contributed by atoms with Crippen LogP contribution in [0.4, 0.5) is 5.69 Å². The Morgan fingerprint density at radius 1 is 1.47 bits per heavy atom. The van der Waals surface area contributed by atoms with Gasteiger partial charge in [0, 0.05) is 23.7 Å². The van der Waals surface area contributed by atoms with Gasteiger partial charge in [0.25, 0.3) is 0 Å². The maximum absolute atomic E-state index is 5.77. The van der Waals surface area contributed by atoms with Crippen molar-refractivity contribution in [3.8, 4) is 11.3 Å². The molecule has 90 valence electrons. The molecule has 0 saturated carbocycles. The number of anilines is 1. The van der Waals surface area contributed by atoms with E-state index in [4.69, 9.17) is 10.5 Å². The fraction of sp³-hybridized carbons (Fsp3) is 0.308. The number of thiazole rings is 1. The van der Waals surface area contributed by atoms with Gasteiger partial charge in [0.05, 0.1) is 5.69 Å². The third kappa shape index (κ3) is 2.65. The lowest BCUT2D eigenvalue weighted by Gasteiger charge is -2.08. The summed E-state index contributed by atoms with van der Waals surface area (Å²) >= 11 is 1.63. The summed E-state index contributed by atoms with van der Waals surface area (Å²) in [5.41, 5.74) is 8.55. The highest BCUT2D eigenvalue weighted by atomic mass is 32.1. The molecule has 1 aromatic heterocycles. The minimum Gasteiger partial charge on any atom is -0.399 e. The Hall–Kier alpha value is -1.39. The van der Waals surface area contributed by atoms with Crippen molar-refractivity contribution in [3.63, 3.8) is 0 Å². The van der Waals surface area contributed by atoms with Gasteiger partial charge in [-0.05, 0) is 18.6 Å². The lowest BCUT2D eigenvalue weighted by Crippen LogP contribution is -1.98. The summed E-state index contributed by atoms with van der Waals surface area (Å²) in [6, 6.07) is 7.77. The van der Waals surface area contributed by atoms with Crippen molar-refractivity contribution in [2.45, 2.75) is 19.4 Å². The molecule has 1 atom stereocenters. The van der Waals surface area contributed by atoms with Gasteiger partial charge in [-0.2, -0.15) is 0 Å². The second-order valence-corrected chi connectivity index (χ2v) is 4.72. The number of hydrogen-bond donors (Lipinski definition) is 1. The van der Waals surface area contributed by atoms with Crippen molar-refractivity contribution < 1.29 is 4.74 Å². The van der Waals surface area contributed by atoms with E-state index in [2.05, 4.69) is 11.9 Å². The molecule has 0 aliphatic heterocycles. The Kier molecular flexibility index (Phi) is 3.76. The van der Waals surface area contributed by atoms with Crippen LogP contribution in [0.3, 0.4) is 0 Å². The molecule has 0 amide bonds. The van der Waals surface area contributed by atoms with Gasteiger partial charge >= 0.3 is 0 Å². The number of aromatic nitrogens is 1. The maximum Gasteiger partial charge on any atom is 0.122 e. The van der Waals surface area contributed by atoms with Crippen LogP contribution in [0.1, 0.15) is 24.5 Å². The number of benzene rings is 1. The van der Waals surface area contributed by atoms with E-state index in [1.807, 2.05) is 29.6 Å². The molecule has 4 heteroatoms. The molecule has 1 heterocycles. The third-order valence-corrected chi connectivity index (χ3v) is 3.57. The first-order valence-electron chi connectivity index (χ1n) is 5.58. The van der Waals surface area contributed by atoms with Gasteiger partial charge < -0.3 is 10.5 Å². The third-order valence-electron chi connectivity index (χ3n) is 2.64. The van der Waals surface area contributed by atoms with Gasteiger partial charge in [0.2, 0.25) is 0 Å². The van der Waals surface area contributed by atoms with Crippen molar-refractivity contribution >= 4 is 17.0 Å². The zero-order valence-corrected chi connectivity index (χ0v) is 10.8. The van der Waals surface area contributed by atoms with Crippen molar-refractivity contribution in [2.75, 3.05) is 12.8 Å². The molecule has 2 N–H and O–H groups in total. The fourth-order valence-corrected chi connectivity index (χ4v) is 2.70. The average Bonchev–Trinajstić information content (AvgIpc) is 2.80. The topological polar surface area (TPSA) is 48.1 Å². The smallest absolute Gasteiger partial charge is 0.122 e. The summed E-state index contributed by atoms with van der Waals surface area (Å²) < 4.78 is 5.38. The Labute approximate surface area is 105 Å². The molecule has 3 nitrogen and oxygen atoms in total. The number of nitrogens with two attached hydrogens (primary N) is 1. The van der Waals surface area contributed by atoms with Gasteiger partial charge in [-0.25, -0.2) is 4.98 Å². The number of ether oxygens (including phenoxy) is 1. The second kappa shape index (κ2) is 5.29. The molecule has 0 fully saturated rings. The van der Waals surface area contributed by atoms with E-state index in [0.717, 1.165) is 28.4 Å². The maximum atomic E-state index is 5.77. The van der Waals surface area contributed by atoms with Gasteiger partial charge in [-0.1, -0.05) is 19.1 Å². The molecule has 1 aromatic carbocycles. The zero-order valence-electron chi connectivity index (χ0n) is 10.0. The molecule has 17 heavy (non-hydrogen) atoms. The largest absolute Gasteiger partial charge is 0.399 e. The second-order valence-electron chi connectivity index (χ2n) is 3.83. The summed E-state index contributed by atoms with van der Waals surface area (Å²) in [6.07, 6.45) is 1.02. The lowest BCUT2D eigenvalue weighted by molar-refractivity contribution is 0.0998. The summed E-state index contributed by atoms with van der Waals surface area (Å²) in [5.74, 6) is 0. The Morgan fingerprint density at radius 2 is 2.29 bits per heavy atom. The molecule has 2 rings (SSSR count). The van der Waals surface area contributed by atoms with E-state index in [-0.39, 0.29) is 6.10 Å². The number of nitrogen functional groups attached to an aromatic ring is 1. The molecule has 0 aliphatic carbocycles. The van der Waals surface area contributed by atoms with Crippen LogP contribution < -0.4 is 5.73 Å². The van der Waals surface area contributed by atoms with Gasteiger partial charge in [-0.3, -0.25) is 0 Å². The summed E-state index contributed by atoms with van der Waals surface area (Å²) in [5, 5.41) is 3.07. The highest BCUT2D eigenvalue weighted by Gasteiger charge is 2.13. The van der Waals surface area contributed by atoms with Crippen LogP contribution in [0.5, 0.6) is 0 Å². The highest BCUT2D eigenvalue weighted by molar-refractivity contribution is 7.10. The Morgan fingerprint density at radius 3 is 2.94 bits per heavy atom. The summed E-state index contributed by atoms with van der Waals surface area (Å²) in [6.45, 7) is 2.09. The van der Waals surface area contributed by atoms with Crippen LogP contribution in [-0.2, 0) is 4.74 Å². The zero-order chi connectivity index (χ0) is 12.3. The van der Waals surface area contributed by atoms with Crippen molar-refractivity contribution in [1.29, 1.82) is 0 Å². The molecule has 0 radical (unpaired) electrons. The molecule has 0 bridgehead atoms. The van der Waals surface area contributed by atoms with E-state index >= 15 is 0 Å². The van der Waals surface area contributed by atoms with Gasteiger partial charge in [0.15, 0.2) is 0 Å². The lowest BCUT2D eigenvalue weighted by atomic mass is 10.1. The predicted molar refractivity (Wildman–Crippen MR) is 72.0 cm³/mol. The first kappa shape index (κ1) is 12.1. The molecule has 0 spiro atoms. The molecule has 2 aromatic rings. The molecule has 0 saturated heterocycles. The van der Waals surface area contributed by atoms with E-state index < -0.39 is 0 Å². The standard InChI is InChI=1S/C13H16N2OS/c1-3-12(16-2)13-15-11(8-17-13)9-5-4-6-10(14)7-9/h4-8,12H,3,14H2,1-2H3. The highest BCUT2D eigenvalue weighted by Crippen LogP contribution is 2.29. The minimum atomic E-state index is 0.0924. The summed E-state index contributed by atoms with van der Waals surface area (Å²) in [4.78, 5) is 4.60. The number of rotatable bonds is 4. The van der Waals surface area contributed by atoms with Crippen LogP contribution in [0.25, 0.3) is 11.3 Å². The van der Waals surface area contributed by atoms with Crippen LogP contribution in [-0.4, -0.2) is 12.1 Å². The molecule has 0 aliphatic rings. The fourth-order valence-electron chi connectivity index (χ4n) is 1.71. The van der Waals surface area contributed by atoms with Crippen molar-refractivity contribution in [1.82, 2.24) is 4.98 Å². The monoisotopic (exact) mass is 248 g/mol. The van der Waals surface area contributed by atoms with E-state index in [9.17, 15) is 0 Å².